The molecule has 1 N–H and O–H groups in total. The van der Waals surface area contributed by atoms with Gasteiger partial charge in [-0.15, -0.1) is 0 Å². The smallest absolute Gasteiger partial charge is 0.223 e. The Morgan fingerprint density at radius 3 is 2.36 bits per heavy atom. The maximum Gasteiger partial charge on any atom is 0.223 e. The van der Waals surface area contributed by atoms with Crippen LogP contribution in [0.15, 0.2) is 24.3 Å². The van der Waals surface area contributed by atoms with Gasteiger partial charge in [0.2, 0.25) is 5.91 Å². The first-order chi connectivity index (χ1) is 13.6. The zero-order valence-electron chi connectivity index (χ0n) is 17.4. The molecule has 4 heteroatoms. The predicted octanol–water partition coefficient (Wildman–Crippen LogP) is 3.81. The predicted molar refractivity (Wildman–Crippen MR) is 112 cm³/mol. The van der Waals surface area contributed by atoms with Crippen LogP contribution in [-0.2, 0) is 14.9 Å². The summed E-state index contributed by atoms with van der Waals surface area (Å²) in [4.78, 5) is 15.2. The lowest BCUT2D eigenvalue weighted by atomic mass is 9.77. The van der Waals surface area contributed by atoms with Crippen LogP contribution in [0.4, 0.5) is 0 Å². The Morgan fingerprint density at radius 2 is 1.71 bits per heavy atom. The second kappa shape index (κ2) is 8.96. The molecule has 28 heavy (non-hydrogen) atoms. The van der Waals surface area contributed by atoms with E-state index in [1.54, 1.807) is 0 Å². The highest BCUT2D eigenvalue weighted by atomic mass is 16.5. The Labute approximate surface area is 170 Å². The van der Waals surface area contributed by atoms with Crippen LogP contribution in [0.25, 0.3) is 0 Å². The molecule has 0 unspecified atom stereocenters. The molecule has 0 radical (unpaired) electrons. The van der Waals surface area contributed by atoms with E-state index in [1.807, 2.05) is 0 Å². The first-order valence-electron chi connectivity index (χ1n) is 11.3. The molecule has 2 saturated heterocycles. The zero-order valence-corrected chi connectivity index (χ0v) is 17.4. The van der Waals surface area contributed by atoms with Crippen LogP contribution in [-0.4, -0.2) is 49.7 Å². The number of carbonyl (C=O) groups is 1. The number of piperidine rings is 1. The van der Waals surface area contributed by atoms with Gasteiger partial charge in [-0.25, -0.2) is 0 Å². The Balaban J connectivity index is 1.30. The van der Waals surface area contributed by atoms with Crippen LogP contribution in [0.5, 0.6) is 0 Å². The van der Waals surface area contributed by atoms with Crippen LogP contribution in [0, 0.1) is 12.8 Å². The minimum Gasteiger partial charge on any atom is -0.381 e. The van der Waals surface area contributed by atoms with Gasteiger partial charge in [-0.2, -0.15) is 0 Å². The summed E-state index contributed by atoms with van der Waals surface area (Å²) < 4.78 is 5.38. The zero-order chi connectivity index (χ0) is 19.4. The minimum absolute atomic E-state index is 0.162. The number of nitrogens with zero attached hydrogens (tertiary/aromatic N) is 1. The number of rotatable bonds is 5. The molecular formula is C24H36N2O2. The molecule has 3 fully saturated rings. The van der Waals surface area contributed by atoms with Gasteiger partial charge in [0.15, 0.2) is 0 Å². The van der Waals surface area contributed by atoms with E-state index in [0.29, 0.717) is 11.5 Å². The van der Waals surface area contributed by atoms with Gasteiger partial charge < -0.3 is 15.0 Å². The Morgan fingerprint density at radius 1 is 1.07 bits per heavy atom. The van der Waals surface area contributed by atoms with Gasteiger partial charge in [-0.1, -0.05) is 42.7 Å². The summed E-state index contributed by atoms with van der Waals surface area (Å²) in [6.45, 7) is 7.02. The van der Waals surface area contributed by atoms with Crippen molar-refractivity contribution in [2.75, 3.05) is 32.8 Å². The van der Waals surface area contributed by atoms with Gasteiger partial charge in [-0.3, -0.25) is 4.79 Å². The van der Waals surface area contributed by atoms with E-state index in [1.165, 1.54) is 43.4 Å². The van der Waals surface area contributed by atoms with Crippen molar-refractivity contribution in [3.8, 4) is 0 Å². The SMILES string of the molecule is Cc1ccc(C2(CN3CCC(NC(=O)C4CCOCC4)CC3)CCCC2)cc1. The van der Waals surface area contributed by atoms with E-state index in [9.17, 15) is 4.79 Å². The lowest BCUT2D eigenvalue weighted by Crippen LogP contribution is -2.49. The monoisotopic (exact) mass is 384 g/mol. The van der Waals surface area contributed by atoms with E-state index in [4.69, 9.17) is 4.74 Å². The number of hydrogen-bond acceptors (Lipinski definition) is 3. The first-order valence-corrected chi connectivity index (χ1v) is 11.3. The fourth-order valence-electron chi connectivity index (χ4n) is 5.44. The van der Waals surface area contributed by atoms with Crippen LogP contribution in [0.1, 0.15) is 62.5 Å². The van der Waals surface area contributed by atoms with Gasteiger partial charge in [0.25, 0.3) is 0 Å². The number of hydrogen-bond donors (Lipinski definition) is 1. The summed E-state index contributed by atoms with van der Waals surface area (Å²) in [5, 5.41) is 3.33. The summed E-state index contributed by atoms with van der Waals surface area (Å²) >= 11 is 0. The Bertz CT molecular complexity index is 637. The van der Waals surface area contributed by atoms with Gasteiger partial charge in [-0.05, 0) is 51.0 Å². The normalized spacial score (nSPS) is 24.3. The van der Waals surface area contributed by atoms with Crippen molar-refractivity contribution in [2.45, 2.75) is 69.7 Å². The summed E-state index contributed by atoms with van der Waals surface area (Å²) in [5.41, 5.74) is 3.22. The van der Waals surface area contributed by atoms with E-state index in [0.717, 1.165) is 52.0 Å². The third kappa shape index (κ3) is 4.60. The highest BCUT2D eigenvalue weighted by molar-refractivity contribution is 5.79. The molecule has 1 aromatic rings. The van der Waals surface area contributed by atoms with Gasteiger partial charge in [0.1, 0.15) is 0 Å². The summed E-state index contributed by atoms with van der Waals surface area (Å²) in [5.74, 6) is 0.420. The Kier molecular flexibility index (Phi) is 6.37. The lowest BCUT2D eigenvalue weighted by molar-refractivity contribution is -0.128. The largest absolute Gasteiger partial charge is 0.381 e. The molecule has 0 atom stereocenters. The highest BCUT2D eigenvalue weighted by Gasteiger charge is 2.38. The second-order valence-electron chi connectivity index (χ2n) is 9.30. The van der Waals surface area contributed by atoms with E-state index in [-0.39, 0.29) is 11.8 Å². The van der Waals surface area contributed by atoms with Crippen LogP contribution >= 0.6 is 0 Å². The molecule has 4 nitrogen and oxygen atoms in total. The average Bonchev–Trinajstić information content (AvgIpc) is 3.20. The quantitative estimate of drug-likeness (QED) is 0.839. The molecule has 154 valence electrons. The average molecular weight is 385 g/mol. The van der Waals surface area contributed by atoms with Crippen molar-refractivity contribution in [1.82, 2.24) is 10.2 Å². The highest BCUT2D eigenvalue weighted by Crippen LogP contribution is 2.42. The van der Waals surface area contributed by atoms with E-state index in [2.05, 4.69) is 41.4 Å². The molecule has 1 aromatic carbocycles. The number of likely N-dealkylation sites (tertiary alicyclic amines) is 1. The molecule has 1 aliphatic carbocycles. The molecule has 0 aromatic heterocycles. The van der Waals surface area contributed by atoms with Crippen molar-refractivity contribution in [3.05, 3.63) is 35.4 Å². The summed E-state index contributed by atoms with van der Waals surface area (Å²) in [6, 6.07) is 9.62. The lowest BCUT2D eigenvalue weighted by Gasteiger charge is -2.40. The number of aryl methyl sites for hydroxylation is 1. The van der Waals surface area contributed by atoms with E-state index >= 15 is 0 Å². The maximum absolute atomic E-state index is 12.5. The molecule has 4 rings (SSSR count). The van der Waals surface area contributed by atoms with Gasteiger partial charge >= 0.3 is 0 Å². The van der Waals surface area contributed by atoms with Gasteiger partial charge in [0, 0.05) is 50.2 Å². The first kappa shape index (κ1) is 19.9. The Hall–Kier alpha value is -1.39. The number of ether oxygens (including phenoxy) is 1. The number of amides is 1. The van der Waals surface area contributed by atoms with Crippen molar-refractivity contribution in [1.29, 1.82) is 0 Å². The second-order valence-corrected chi connectivity index (χ2v) is 9.30. The van der Waals surface area contributed by atoms with Crippen molar-refractivity contribution in [3.63, 3.8) is 0 Å². The molecular weight excluding hydrogens is 348 g/mol. The molecule has 3 aliphatic rings. The molecule has 1 amide bonds. The van der Waals surface area contributed by atoms with Crippen molar-refractivity contribution in [2.24, 2.45) is 5.92 Å². The fourth-order valence-corrected chi connectivity index (χ4v) is 5.44. The maximum atomic E-state index is 12.5. The number of nitrogens with one attached hydrogen (secondary N) is 1. The van der Waals surface area contributed by atoms with Crippen LogP contribution < -0.4 is 5.32 Å². The summed E-state index contributed by atoms with van der Waals surface area (Å²) in [6.07, 6.45) is 9.26. The molecule has 0 bridgehead atoms. The third-order valence-corrected chi connectivity index (χ3v) is 7.28. The summed E-state index contributed by atoms with van der Waals surface area (Å²) in [7, 11) is 0. The topological polar surface area (TPSA) is 41.6 Å². The molecule has 1 saturated carbocycles. The molecule has 0 spiro atoms. The number of benzene rings is 1. The number of carbonyl (C=O) groups excluding carboxylic acids is 1. The van der Waals surface area contributed by atoms with Crippen LogP contribution in [0.2, 0.25) is 0 Å². The van der Waals surface area contributed by atoms with Crippen LogP contribution in [0.3, 0.4) is 0 Å². The van der Waals surface area contributed by atoms with Crippen molar-refractivity contribution < 1.29 is 9.53 Å². The molecule has 2 heterocycles. The third-order valence-electron chi connectivity index (χ3n) is 7.28. The minimum atomic E-state index is 0.162. The van der Waals surface area contributed by atoms with Gasteiger partial charge in [0.05, 0.1) is 0 Å². The molecule has 2 aliphatic heterocycles. The standard InChI is InChI=1S/C24H36N2O2/c1-19-4-6-21(7-5-19)24(12-2-3-13-24)18-26-14-8-22(9-15-26)25-23(27)20-10-16-28-17-11-20/h4-7,20,22H,2-3,8-18H2,1H3,(H,25,27). The fraction of sp³-hybridized carbons (Fsp3) is 0.708. The van der Waals surface area contributed by atoms with E-state index < -0.39 is 0 Å². The van der Waals surface area contributed by atoms with Crippen molar-refractivity contribution >= 4 is 5.91 Å².